The molecular weight excluding hydrogens is 416 g/mol. The standard InChI is InChI=1S/C24H34O8/c1-11(25)30-16-15(28)19(5)8-7-14(27)23-17(31-12(2)26)20(6)22(29,32-23)10-13-9-21(19,23)24(16,20)18(13,3)4/h13-17,27-29H,7-10H2,1-6H3/t13-,14+,15+,16+,17?,19+,20+,21-,22-,23-,24+/m1/s1. The van der Waals surface area contributed by atoms with Crippen molar-refractivity contribution in [1.82, 2.24) is 0 Å². The zero-order valence-corrected chi connectivity index (χ0v) is 19.6. The molecule has 6 fully saturated rings. The van der Waals surface area contributed by atoms with Crippen LogP contribution in [0.5, 0.6) is 0 Å². The van der Waals surface area contributed by atoms with E-state index in [4.69, 9.17) is 14.2 Å². The van der Waals surface area contributed by atoms with Crippen LogP contribution in [0.4, 0.5) is 0 Å². The predicted octanol–water partition coefficient (Wildman–Crippen LogP) is 1.29. The van der Waals surface area contributed by atoms with E-state index in [0.29, 0.717) is 25.7 Å². The molecule has 0 aromatic carbocycles. The second-order valence-electron chi connectivity index (χ2n) is 12.4. The highest BCUT2D eigenvalue weighted by Gasteiger charge is 3.07. The number of carbonyl (C=O) groups is 2. The lowest BCUT2D eigenvalue weighted by atomic mass is 9.40. The fourth-order valence-electron chi connectivity index (χ4n) is 11.2. The molecule has 4 bridgehead atoms. The minimum absolute atomic E-state index is 0.0240. The summed E-state index contributed by atoms with van der Waals surface area (Å²) in [5.41, 5.74) is -5.67. The molecule has 0 aromatic rings. The average molecular weight is 451 g/mol. The first kappa shape index (κ1) is 21.3. The van der Waals surface area contributed by atoms with Crippen molar-refractivity contribution in [1.29, 1.82) is 0 Å². The van der Waals surface area contributed by atoms with E-state index in [1.54, 1.807) is 0 Å². The summed E-state index contributed by atoms with van der Waals surface area (Å²) in [6.07, 6.45) is -2.07. The van der Waals surface area contributed by atoms with E-state index in [-0.39, 0.29) is 5.92 Å². The highest BCUT2D eigenvalue weighted by atomic mass is 16.7. The Morgan fingerprint density at radius 1 is 1.00 bits per heavy atom. The SMILES string of the molecule is CC(=O)OC1[C@]2(C)[C@@]34[C@@H](OC(C)=O)[C@H](O)[C@]5(C)CC[C@H](O)[C@@]16O[C@]2(O)C[C@@H](C[C@@]356)C4(C)C. The molecule has 0 amide bonds. The van der Waals surface area contributed by atoms with E-state index in [1.807, 2.05) is 13.8 Å². The molecule has 1 heterocycles. The second-order valence-corrected chi connectivity index (χ2v) is 12.4. The van der Waals surface area contributed by atoms with Crippen LogP contribution < -0.4 is 0 Å². The third-order valence-corrected chi connectivity index (χ3v) is 11.7. The molecule has 32 heavy (non-hydrogen) atoms. The summed E-state index contributed by atoms with van der Waals surface area (Å²) in [5.74, 6) is -2.68. The monoisotopic (exact) mass is 450 g/mol. The van der Waals surface area contributed by atoms with Crippen molar-refractivity contribution in [3.8, 4) is 0 Å². The summed E-state index contributed by atoms with van der Waals surface area (Å²) in [5, 5.41) is 35.6. The quantitative estimate of drug-likeness (QED) is 0.538. The minimum Gasteiger partial charge on any atom is -0.459 e. The Kier molecular flexibility index (Phi) is 3.47. The van der Waals surface area contributed by atoms with Crippen LogP contribution in [-0.4, -0.2) is 63.1 Å². The van der Waals surface area contributed by atoms with Gasteiger partial charge in [-0.3, -0.25) is 9.59 Å². The maximum Gasteiger partial charge on any atom is 0.303 e. The molecule has 6 rings (SSSR count). The number of ether oxygens (including phenoxy) is 3. The molecule has 5 saturated carbocycles. The van der Waals surface area contributed by atoms with E-state index in [9.17, 15) is 24.9 Å². The van der Waals surface area contributed by atoms with E-state index >= 15 is 0 Å². The summed E-state index contributed by atoms with van der Waals surface area (Å²) in [6, 6.07) is 0. The molecule has 8 heteroatoms. The fraction of sp³-hybridized carbons (Fsp3) is 0.917. The number of hydrogen-bond donors (Lipinski definition) is 3. The van der Waals surface area contributed by atoms with Gasteiger partial charge in [-0.2, -0.15) is 0 Å². The summed E-state index contributed by atoms with van der Waals surface area (Å²) in [4.78, 5) is 24.7. The molecule has 8 nitrogen and oxygen atoms in total. The van der Waals surface area contributed by atoms with Gasteiger partial charge < -0.3 is 29.5 Å². The van der Waals surface area contributed by atoms with Crippen molar-refractivity contribution in [2.75, 3.05) is 0 Å². The molecule has 11 atom stereocenters. The van der Waals surface area contributed by atoms with Crippen LogP contribution in [0.3, 0.4) is 0 Å². The number of hydrogen-bond acceptors (Lipinski definition) is 8. The molecule has 5 aliphatic carbocycles. The van der Waals surface area contributed by atoms with E-state index in [0.717, 1.165) is 0 Å². The molecular formula is C24H34O8. The molecule has 178 valence electrons. The summed E-state index contributed by atoms with van der Waals surface area (Å²) >= 11 is 0. The molecule has 6 aliphatic rings. The predicted molar refractivity (Wildman–Crippen MR) is 109 cm³/mol. The summed E-state index contributed by atoms with van der Waals surface area (Å²) in [6.45, 7) is 10.8. The third kappa shape index (κ3) is 1.47. The smallest absolute Gasteiger partial charge is 0.303 e. The van der Waals surface area contributed by atoms with Gasteiger partial charge in [-0.25, -0.2) is 0 Å². The lowest BCUT2D eigenvalue weighted by Gasteiger charge is -2.68. The molecule has 0 radical (unpaired) electrons. The van der Waals surface area contributed by atoms with Crippen molar-refractivity contribution in [2.45, 2.75) is 103 Å². The van der Waals surface area contributed by atoms with E-state index in [2.05, 4.69) is 13.8 Å². The maximum atomic E-state index is 12.4. The minimum atomic E-state index is -1.69. The van der Waals surface area contributed by atoms with Crippen molar-refractivity contribution in [2.24, 2.45) is 33.0 Å². The Bertz CT molecular complexity index is 964. The van der Waals surface area contributed by atoms with Gasteiger partial charge in [0.25, 0.3) is 0 Å². The highest BCUT2D eigenvalue weighted by molar-refractivity contribution is 5.68. The van der Waals surface area contributed by atoms with Crippen molar-refractivity contribution < 1.29 is 39.1 Å². The van der Waals surface area contributed by atoms with Crippen LogP contribution in [0.15, 0.2) is 0 Å². The molecule has 1 aliphatic heterocycles. The van der Waals surface area contributed by atoms with Crippen molar-refractivity contribution >= 4 is 11.9 Å². The van der Waals surface area contributed by atoms with Gasteiger partial charge in [-0.1, -0.05) is 27.7 Å². The maximum absolute atomic E-state index is 12.4. The zero-order chi connectivity index (χ0) is 23.5. The van der Waals surface area contributed by atoms with Crippen LogP contribution in [0.2, 0.25) is 0 Å². The largest absolute Gasteiger partial charge is 0.459 e. The number of aliphatic hydroxyl groups is 3. The normalized spacial score (nSPS) is 62.2. The Hall–Kier alpha value is -1.22. The van der Waals surface area contributed by atoms with Crippen LogP contribution in [0.25, 0.3) is 0 Å². The van der Waals surface area contributed by atoms with Crippen LogP contribution in [0, 0.1) is 33.0 Å². The first-order chi connectivity index (χ1) is 14.7. The van der Waals surface area contributed by atoms with Crippen LogP contribution >= 0.6 is 0 Å². The van der Waals surface area contributed by atoms with Crippen molar-refractivity contribution in [3.05, 3.63) is 0 Å². The van der Waals surface area contributed by atoms with E-state index < -0.39 is 74.8 Å². The second kappa shape index (κ2) is 5.21. The number of rotatable bonds is 2. The zero-order valence-electron chi connectivity index (χ0n) is 19.6. The molecule has 3 N–H and O–H groups in total. The Morgan fingerprint density at radius 2 is 1.62 bits per heavy atom. The third-order valence-electron chi connectivity index (χ3n) is 11.7. The lowest BCUT2D eigenvalue weighted by Crippen LogP contribution is -2.75. The van der Waals surface area contributed by atoms with Gasteiger partial charge in [0.1, 0.15) is 17.8 Å². The van der Waals surface area contributed by atoms with Crippen molar-refractivity contribution in [3.63, 3.8) is 0 Å². The van der Waals surface area contributed by atoms with Crippen LogP contribution in [-0.2, 0) is 23.8 Å². The molecule has 3 spiro atoms. The first-order valence-electron chi connectivity index (χ1n) is 11.8. The number of fused-ring (bicyclic) bond motifs is 1. The Balaban J connectivity index is 1.79. The van der Waals surface area contributed by atoms with Gasteiger partial charge in [-0.05, 0) is 30.6 Å². The first-order valence-corrected chi connectivity index (χ1v) is 11.8. The molecule has 1 unspecified atom stereocenters. The summed E-state index contributed by atoms with van der Waals surface area (Å²) < 4.78 is 18.6. The topological polar surface area (TPSA) is 123 Å². The van der Waals surface area contributed by atoms with Gasteiger partial charge >= 0.3 is 11.9 Å². The van der Waals surface area contributed by atoms with Crippen LogP contribution in [0.1, 0.15) is 67.2 Å². The molecule has 1 saturated heterocycles. The highest BCUT2D eigenvalue weighted by Crippen LogP contribution is 2.98. The van der Waals surface area contributed by atoms with Gasteiger partial charge in [0, 0.05) is 36.5 Å². The average Bonchev–Trinajstić information content (AvgIpc) is 3.05. The number of esters is 2. The Morgan fingerprint density at radius 3 is 2.22 bits per heavy atom. The lowest BCUT2D eigenvalue weighted by molar-refractivity contribution is -0.406. The van der Waals surface area contributed by atoms with Gasteiger partial charge in [-0.15, -0.1) is 0 Å². The summed E-state index contributed by atoms with van der Waals surface area (Å²) in [7, 11) is 0. The Labute approximate surface area is 187 Å². The number of carbonyl (C=O) groups excluding carboxylic acids is 2. The number of aliphatic hydroxyl groups excluding tert-OH is 2. The molecule has 0 aromatic heterocycles. The van der Waals surface area contributed by atoms with E-state index in [1.165, 1.54) is 13.8 Å². The van der Waals surface area contributed by atoms with Gasteiger partial charge in [0.05, 0.1) is 17.6 Å². The fourth-order valence-corrected chi connectivity index (χ4v) is 11.2. The van der Waals surface area contributed by atoms with Gasteiger partial charge in [0.2, 0.25) is 0 Å². The van der Waals surface area contributed by atoms with Gasteiger partial charge in [0.15, 0.2) is 5.79 Å².